The molecule has 4 N–H and O–H groups in total. The lowest BCUT2D eigenvalue weighted by Crippen LogP contribution is -2.13. The summed E-state index contributed by atoms with van der Waals surface area (Å²) in [6.45, 7) is 0. The van der Waals surface area contributed by atoms with E-state index in [-0.39, 0.29) is 34.5 Å². The van der Waals surface area contributed by atoms with Gasteiger partial charge in [-0.25, -0.2) is 12.8 Å². The summed E-state index contributed by atoms with van der Waals surface area (Å²) in [5, 5.41) is 10.1. The van der Waals surface area contributed by atoms with Crippen LogP contribution in [0.5, 0.6) is 0 Å². The molecule has 0 atom stereocenters. The second-order valence-corrected chi connectivity index (χ2v) is 8.41. The Kier molecular flexibility index (Phi) is 4.78. The summed E-state index contributed by atoms with van der Waals surface area (Å²) in [6, 6.07) is 9.04. The summed E-state index contributed by atoms with van der Waals surface area (Å²) >= 11 is 0. The number of aryl methyl sites for hydroxylation is 1. The number of aromatic amines is 2. The van der Waals surface area contributed by atoms with Gasteiger partial charge in [0.2, 0.25) is 0 Å². The standard InChI is InChI=1S/C20H16FN3O5S/c21-12-2-5-14(6-3-12)30(28,29)24-13-4-7-16-15(9-13)18-11(1-8-17(25)26)10-22-19(18)20(27)23-16/h2-7,9-10,22,24H,1,8H2,(H,23,27)(H,25,26). The number of halogens is 1. The van der Waals surface area contributed by atoms with Gasteiger partial charge < -0.3 is 15.1 Å². The fourth-order valence-corrected chi connectivity index (χ4v) is 4.38. The van der Waals surface area contributed by atoms with Crippen LogP contribution in [-0.2, 0) is 21.2 Å². The highest BCUT2D eigenvalue weighted by atomic mass is 32.2. The highest BCUT2D eigenvalue weighted by molar-refractivity contribution is 7.92. The minimum atomic E-state index is -3.95. The Morgan fingerprint density at radius 2 is 1.87 bits per heavy atom. The van der Waals surface area contributed by atoms with Crippen LogP contribution in [0.2, 0.25) is 0 Å². The molecule has 10 heteroatoms. The van der Waals surface area contributed by atoms with Gasteiger partial charge >= 0.3 is 5.97 Å². The first kappa shape index (κ1) is 19.6. The van der Waals surface area contributed by atoms with E-state index in [4.69, 9.17) is 5.11 Å². The number of hydrogen-bond donors (Lipinski definition) is 4. The predicted octanol–water partition coefficient (Wildman–Crippen LogP) is 2.97. The molecule has 0 aliphatic carbocycles. The summed E-state index contributed by atoms with van der Waals surface area (Å²) in [4.78, 5) is 28.8. The molecule has 2 aromatic heterocycles. The van der Waals surface area contributed by atoms with Crippen LogP contribution in [0.4, 0.5) is 10.1 Å². The monoisotopic (exact) mass is 429 g/mol. The van der Waals surface area contributed by atoms with E-state index < -0.39 is 21.8 Å². The van der Waals surface area contributed by atoms with E-state index >= 15 is 0 Å². The zero-order chi connectivity index (χ0) is 21.5. The lowest BCUT2D eigenvalue weighted by molar-refractivity contribution is -0.136. The number of anilines is 1. The van der Waals surface area contributed by atoms with Crippen molar-refractivity contribution in [1.82, 2.24) is 9.97 Å². The minimum Gasteiger partial charge on any atom is -0.481 e. The Morgan fingerprint density at radius 3 is 2.57 bits per heavy atom. The van der Waals surface area contributed by atoms with Gasteiger partial charge in [0.15, 0.2) is 0 Å². The van der Waals surface area contributed by atoms with Crippen LogP contribution in [0.25, 0.3) is 21.8 Å². The van der Waals surface area contributed by atoms with Crippen LogP contribution >= 0.6 is 0 Å². The van der Waals surface area contributed by atoms with Crippen molar-refractivity contribution in [3.8, 4) is 0 Å². The molecule has 0 spiro atoms. The van der Waals surface area contributed by atoms with Crippen molar-refractivity contribution in [2.45, 2.75) is 17.7 Å². The summed E-state index contributed by atoms with van der Waals surface area (Å²) < 4.78 is 40.7. The molecule has 0 aliphatic rings. The number of hydrogen-bond acceptors (Lipinski definition) is 4. The molecular weight excluding hydrogens is 413 g/mol. The number of sulfonamides is 1. The highest BCUT2D eigenvalue weighted by Gasteiger charge is 2.17. The molecular formula is C20H16FN3O5S. The first-order chi connectivity index (χ1) is 14.2. The zero-order valence-corrected chi connectivity index (χ0v) is 16.2. The van der Waals surface area contributed by atoms with Crippen molar-refractivity contribution < 1.29 is 22.7 Å². The zero-order valence-electron chi connectivity index (χ0n) is 15.4. The molecule has 4 aromatic rings. The fourth-order valence-electron chi connectivity index (χ4n) is 3.33. The topological polar surface area (TPSA) is 132 Å². The summed E-state index contributed by atoms with van der Waals surface area (Å²) in [5.41, 5.74) is 1.28. The van der Waals surface area contributed by atoms with Crippen LogP contribution in [-0.4, -0.2) is 29.5 Å². The number of aromatic nitrogens is 2. The van der Waals surface area contributed by atoms with Crippen LogP contribution in [0.3, 0.4) is 0 Å². The lowest BCUT2D eigenvalue weighted by Gasteiger charge is -2.10. The number of rotatable bonds is 6. The fraction of sp³-hybridized carbons (Fsp3) is 0.100. The maximum Gasteiger partial charge on any atom is 0.303 e. The van der Waals surface area contributed by atoms with Crippen LogP contribution in [0.15, 0.2) is 58.4 Å². The maximum atomic E-state index is 13.1. The van der Waals surface area contributed by atoms with E-state index in [2.05, 4.69) is 14.7 Å². The molecule has 154 valence electrons. The van der Waals surface area contributed by atoms with Crippen molar-refractivity contribution in [3.63, 3.8) is 0 Å². The Balaban J connectivity index is 1.81. The van der Waals surface area contributed by atoms with Gasteiger partial charge in [-0.05, 0) is 54.4 Å². The smallest absolute Gasteiger partial charge is 0.303 e. The number of carboxylic acid groups (broad SMARTS) is 1. The molecule has 0 amide bonds. The third kappa shape index (κ3) is 3.64. The average molecular weight is 429 g/mol. The van der Waals surface area contributed by atoms with Crippen molar-refractivity contribution in [2.75, 3.05) is 4.72 Å². The second-order valence-electron chi connectivity index (χ2n) is 6.73. The molecule has 0 aliphatic heterocycles. The Labute approximate surface area is 169 Å². The third-order valence-corrected chi connectivity index (χ3v) is 6.11. The normalized spacial score (nSPS) is 11.8. The van der Waals surface area contributed by atoms with Gasteiger partial charge in [-0.2, -0.15) is 0 Å². The number of pyridine rings is 1. The lowest BCUT2D eigenvalue weighted by atomic mass is 10.0. The molecule has 0 saturated carbocycles. The van der Waals surface area contributed by atoms with Crippen molar-refractivity contribution >= 4 is 43.5 Å². The van der Waals surface area contributed by atoms with E-state index in [0.29, 0.717) is 21.9 Å². The molecule has 30 heavy (non-hydrogen) atoms. The van der Waals surface area contributed by atoms with E-state index in [1.54, 1.807) is 18.3 Å². The Bertz CT molecular complexity index is 1440. The molecule has 2 aromatic carbocycles. The van der Waals surface area contributed by atoms with Crippen LogP contribution in [0.1, 0.15) is 12.0 Å². The summed E-state index contributed by atoms with van der Waals surface area (Å²) in [7, 11) is -3.95. The van der Waals surface area contributed by atoms with Crippen molar-refractivity contribution in [2.24, 2.45) is 0 Å². The van der Waals surface area contributed by atoms with Gasteiger partial charge in [0, 0.05) is 34.6 Å². The highest BCUT2D eigenvalue weighted by Crippen LogP contribution is 2.28. The predicted molar refractivity (Wildman–Crippen MR) is 110 cm³/mol. The molecule has 0 fully saturated rings. The van der Waals surface area contributed by atoms with Gasteiger partial charge in [0.1, 0.15) is 11.3 Å². The van der Waals surface area contributed by atoms with Crippen molar-refractivity contribution in [1.29, 1.82) is 0 Å². The molecule has 0 unspecified atom stereocenters. The van der Waals surface area contributed by atoms with E-state index in [0.717, 1.165) is 24.3 Å². The van der Waals surface area contributed by atoms with Gasteiger partial charge in [0.25, 0.3) is 15.6 Å². The van der Waals surface area contributed by atoms with E-state index in [1.807, 2.05) is 0 Å². The van der Waals surface area contributed by atoms with Crippen LogP contribution in [0, 0.1) is 5.82 Å². The largest absolute Gasteiger partial charge is 0.481 e. The molecule has 0 saturated heterocycles. The maximum absolute atomic E-state index is 13.1. The number of nitrogens with one attached hydrogen (secondary N) is 3. The Hall–Kier alpha value is -3.66. The van der Waals surface area contributed by atoms with Crippen LogP contribution < -0.4 is 10.3 Å². The van der Waals surface area contributed by atoms with Gasteiger partial charge in [0.05, 0.1) is 4.90 Å². The van der Waals surface area contributed by atoms with Gasteiger partial charge in [-0.1, -0.05) is 0 Å². The average Bonchev–Trinajstić information content (AvgIpc) is 3.12. The molecule has 0 radical (unpaired) electrons. The number of H-pyrrole nitrogens is 2. The summed E-state index contributed by atoms with van der Waals surface area (Å²) in [5.74, 6) is -1.52. The van der Waals surface area contributed by atoms with E-state index in [9.17, 15) is 22.4 Å². The molecule has 8 nitrogen and oxygen atoms in total. The minimum absolute atomic E-state index is 0.0978. The number of carbonyl (C=O) groups is 1. The quantitative estimate of drug-likeness (QED) is 0.374. The van der Waals surface area contributed by atoms with E-state index in [1.165, 1.54) is 6.07 Å². The summed E-state index contributed by atoms with van der Waals surface area (Å²) in [6.07, 6.45) is 1.68. The van der Waals surface area contributed by atoms with Crippen molar-refractivity contribution in [3.05, 3.63) is 70.4 Å². The number of aliphatic carboxylic acids is 1. The first-order valence-corrected chi connectivity index (χ1v) is 10.4. The Morgan fingerprint density at radius 1 is 1.13 bits per heavy atom. The third-order valence-electron chi connectivity index (χ3n) is 4.71. The SMILES string of the molecule is O=C(O)CCc1c[nH]c2c(=O)[nH]c3ccc(NS(=O)(=O)c4ccc(F)cc4)cc3c12. The van der Waals surface area contributed by atoms with Gasteiger partial charge in [-0.3, -0.25) is 14.3 Å². The molecule has 0 bridgehead atoms. The van der Waals surface area contributed by atoms with Gasteiger partial charge in [-0.15, -0.1) is 0 Å². The second kappa shape index (κ2) is 7.30. The molecule has 4 rings (SSSR count). The number of benzene rings is 2. The number of fused-ring (bicyclic) bond motifs is 3. The first-order valence-electron chi connectivity index (χ1n) is 8.91. The number of carboxylic acids is 1. The molecule has 2 heterocycles.